The van der Waals surface area contributed by atoms with E-state index in [0.717, 1.165) is 12.8 Å². The van der Waals surface area contributed by atoms with E-state index in [0.29, 0.717) is 12.6 Å². The minimum absolute atomic E-state index is 0.0615. The van der Waals surface area contributed by atoms with Crippen LogP contribution in [0.1, 0.15) is 12.8 Å². The van der Waals surface area contributed by atoms with Crippen LogP contribution in [0.4, 0.5) is 0 Å². The molecular weight excluding hydrogens is 222 g/mol. The number of hydrogen-bond donors (Lipinski definition) is 0. The molecule has 1 aliphatic carbocycles. The fourth-order valence-corrected chi connectivity index (χ4v) is 3.49. The van der Waals surface area contributed by atoms with Gasteiger partial charge in [0.15, 0.2) is 0 Å². The highest BCUT2D eigenvalue weighted by atomic mass is 16.5. The van der Waals surface area contributed by atoms with Gasteiger partial charge in [-0.3, -0.25) is 4.79 Å². The maximum absolute atomic E-state index is 12.3. The molecule has 17 heavy (non-hydrogen) atoms. The van der Waals surface area contributed by atoms with Gasteiger partial charge in [0.2, 0.25) is 5.91 Å². The Morgan fingerprint density at radius 3 is 2.94 bits per heavy atom. The van der Waals surface area contributed by atoms with Crippen LogP contribution in [0.5, 0.6) is 0 Å². The monoisotopic (exact) mass is 234 g/mol. The van der Waals surface area contributed by atoms with Crippen LogP contribution in [-0.2, 0) is 14.3 Å². The molecule has 1 spiro atoms. The summed E-state index contributed by atoms with van der Waals surface area (Å²) in [5.74, 6) is -2.61. The second kappa shape index (κ2) is 2.72. The topological polar surface area (TPSA) is 69.7 Å². The number of carbonyl (C=O) groups is 2. The number of likely N-dealkylation sites (tertiary alicyclic amines) is 1. The Hall–Kier alpha value is -1.36. The molecule has 0 N–H and O–H groups in total. The Balaban J connectivity index is 1.76. The summed E-state index contributed by atoms with van der Waals surface area (Å²) in [6, 6.07) is 0.306. The zero-order valence-electron chi connectivity index (χ0n) is 9.17. The molecule has 0 aromatic rings. The lowest BCUT2D eigenvalue weighted by molar-refractivity contribution is -0.313. The third kappa shape index (κ3) is 1.03. The Morgan fingerprint density at radius 2 is 2.29 bits per heavy atom. The van der Waals surface area contributed by atoms with Crippen molar-refractivity contribution in [3.05, 3.63) is 12.2 Å². The van der Waals surface area contributed by atoms with Gasteiger partial charge in [-0.1, -0.05) is 12.2 Å². The van der Waals surface area contributed by atoms with E-state index in [-0.39, 0.29) is 5.91 Å². The molecule has 90 valence electrons. The zero-order chi connectivity index (χ0) is 11.8. The summed E-state index contributed by atoms with van der Waals surface area (Å²) < 4.78 is 5.74. The molecule has 5 heteroatoms. The number of aliphatic carboxylic acids is 1. The molecule has 0 aromatic heterocycles. The second-order valence-electron chi connectivity index (χ2n) is 5.42. The minimum Gasteiger partial charge on any atom is -0.550 e. The van der Waals surface area contributed by atoms with Gasteiger partial charge in [0.05, 0.1) is 18.6 Å². The lowest BCUT2D eigenvalue weighted by Crippen LogP contribution is -2.45. The maximum atomic E-state index is 12.3. The second-order valence-corrected chi connectivity index (χ2v) is 5.42. The SMILES string of the molecule is O=C([O-])[C@@H]1[C@@H]2C=C[C@]3(CN(C4CC4)C(=O)[C@@H]13)O2. The molecule has 0 aromatic carbocycles. The maximum Gasteiger partial charge on any atom is 0.230 e. The molecule has 1 amide bonds. The Bertz CT molecular complexity index is 455. The molecule has 0 unspecified atom stereocenters. The molecule has 4 atom stereocenters. The number of carboxylic acids is 1. The van der Waals surface area contributed by atoms with Gasteiger partial charge in [-0.15, -0.1) is 0 Å². The highest BCUT2D eigenvalue weighted by molar-refractivity contribution is 5.90. The number of ether oxygens (including phenoxy) is 1. The normalized spacial score (nSPS) is 46.7. The summed E-state index contributed by atoms with van der Waals surface area (Å²) in [4.78, 5) is 25.3. The predicted octanol–water partition coefficient (Wildman–Crippen LogP) is -1.32. The van der Waals surface area contributed by atoms with E-state index in [9.17, 15) is 14.7 Å². The molecule has 1 saturated carbocycles. The van der Waals surface area contributed by atoms with Crippen molar-refractivity contribution < 1.29 is 19.4 Å². The van der Waals surface area contributed by atoms with Gasteiger partial charge in [-0.05, 0) is 12.8 Å². The number of hydrogen-bond acceptors (Lipinski definition) is 4. The number of carbonyl (C=O) groups excluding carboxylic acids is 2. The molecule has 3 fully saturated rings. The molecule has 3 aliphatic heterocycles. The Morgan fingerprint density at radius 1 is 1.53 bits per heavy atom. The van der Waals surface area contributed by atoms with E-state index >= 15 is 0 Å². The van der Waals surface area contributed by atoms with Crippen molar-refractivity contribution in [1.82, 2.24) is 4.90 Å². The van der Waals surface area contributed by atoms with Gasteiger partial charge in [0, 0.05) is 17.9 Å². The van der Waals surface area contributed by atoms with Crippen LogP contribution in [0.3, 0.4) is 0 Å². The summed E-state index contributed by atoms with van der Waals surface area (Å²) in [6.07, 6.45) is 5.22. The van der Waals surface area contributed by atoms with Crippen LogP contribution in [0.25, 0.3) is 0 Å². The summed E-state index contributed by atoms with van der Waals surface area (Å²) in [6.45, 7) is 0.512. The summed E-state index contributed by atoms with van der Waals surface area (Å²) >= 11 is 0. The number of rotatable bonds is 2. The first-order chi connectivity index (χ1) is 8.12. The van der Waals surface area contributed by atoms with Gasteiger partial charge in [0.25, 0.3) is 0 Å². The fourth-order valence-electron chi connectivity index (χ4n) is 3.49. The molecular formula is C12H12NO4-. The highest BCUT2D eigenvalue weighted by Crippen LogP contribution is 2.53. The van der Waals surface area contributed by atoms with Crippen molar-refractivity contribution in [2.45, 2.75) is 30.6 Å². The van der Waals surface area contributed by atoms with E-state index in [1.54, 1.807) is 11.0 Å². The predicted molar refractivity (Wildman–Crippen MR) is 53.5 cm³/mol. The zero-order valence-corrected chi connectivity index (χ0v) is 9.17. The average Bonchev–Trinajstić information content (AvgIpc) is 2.89. The van der Waals surface area contributed by atoms with Crippen molar-refractivity contribution in [3.63, 3.8) is 0 Å². The molecule has 0 radical (unpaired) electrons. The van der Waals surface area contributed by atoms with Crippen molar-refractivity contribution in [3.8, 4) is 0 Å². The van der Waals surface area contributed by atoms with Crippen LogP contribution in [0, 0.1) is 11.8 Å². The molecule has 2 bridgehead atoms. The summed E-state index contributed by atoms with van der Waals surface area (Å²) in [5, 5.41) is 11.2. The Labute approximate surface area is 98.0 Å². The van der Waals surface area contributed by atoms with Crippen molar-refractivity contribution in [1.29, 1.82) is 0 Å². The van der Waals surface area contributed by atoms with Crippen LogP contribution >= 0.6 is 0 Å². The van der Waals surface area contributed by atoms with Crippen molar-refractivity contribution in [2.75, 3.05) is 6.54 Å². The first kappa shape index (κ1) is 9.65. The number of carboxylic acid groups (broad SMARTS) is 1. The van der Waals surface area contributed by atoms with Crippen molar-refractivity contribution >= 4 is 11.9 Å². The third-order valence-electron chi connectivity index (χ3n) is 4.39. The number of fused-ring (bicyclic) bond motifs is 1. The molecule has 5 nitrogen and oxygen atoms in total. The first-order valence-corrected chi connectivity index (χ1v) is 6.01. The summed E-state index contributed by atoms with van der Waals surface area (Å²) in [5.41, 5.74) is -0.685. The molecule has 4 aliphatic rings. The lowest BCUT2D eigenvalue weighted by Gasteiger charge is -2.24. The van der Waals surface area contributed by atoms with Crippen LogP contribution in [0.2, 0.25) is 0 Å². The molecule has 4 rings (SSSR count). The number of nitrogens with zero attached hydrogens (tertiary/aromatic N) is 1. The van der Waals surface area contributed by atoms with Gasteiger partial charge >= 0.3 is 0 Å². The van der Waals surface area contributed by atoms with Crippen LogP contribution in [0.15, 0.2) is 12.2 Å². The van der Waals surface area contributed by atoms with E-state index in [1.165, 1.54) is 0 Å². The van der Waals surface area contributed by atoms with E-state index in [4.69, 9.17) is 4.74 Å². The number of amides is 1. The van der Waals surface area contributed by atoms with E-state index in [2.05, 4.69) is 0 Å². The smallest absolute Gasteiger partial charge is 0.230 e. The van der Waals surface area contributed by atoms with Gasteiger partial charge < -0.3 is 19.5 Å². The highest BCUT2D eigenvalue weighted by Gasteiger charge is 2.66. The standard InChI is InChI=1S/C12H13NO4/c14-10-9-8(11(15)16)7-3-4-12(9,17-7)5-13(10)6-1-2-6/h3-4,6-9H,1-2,5H2,(H,15,16)/p-1/t7-,8+,9+,12+/m0/s1. The lowest BCUT2D eigenvalue weighted by atomic mass is 9.77. The average molecular weight is 234 g/mol. The first-order valence-electron chi connectivity index (χ1n) is 6.01. The minimum atomic E-state index is -1.17. The van der Waals surface area contributed by atoms with Crippen LogP contribution < -0.4 is 5.11 Å². The molecule has 3 heterocycles. The van der Waals surface area contributed by atoms with Crippen molar-refractivity contribution in [2.24, 2.45) is 11.8 Å². The van der Waals surface area contributed by atoms with Crippen LogP contribution in [-0.4, -0.2) is 41.1 Å². The van der Waals surface area contributed by atoms with Gasteiger partial charge in [-0.25, -0.2) is 0 Å². The molecule has 2 saturated heterocycles. The van der Waals surface area contributed by atoms with E-state index in [1.807, 2.05) is 6.08 Å². The third-order valence-corrected chi connectivity index (χ3v) is 4.39. The van der Waals surface area contributed by atoms with Gasteiger partial charge in [-0.2, -0.15) is 0 Å². The largest absolute Gasteiger partial charge is 0.550 e. The fraction of sp³-hybridized carbons (Fsp3) is 0.667. The summed E-state index contributed by atoms with van der Waals surface area (Å²) in [7, 11) is 0. The van der Waals surface area contributed by atoms with Gasteiger partial charge in [0.1, 0.15) is 5.60 Å². The van der Waals surface area contributed by atoms with E-state index < -0.39 is 29.5 Å². The Kier molecular flexibility index (Phi) is 1.54. The quantitative estimate of drug-likeness (QED) is 0.556.